The fraction of sp³-hybridized carbons (Fsp3) is 0.706. The van der Waals surface area contributed by atoms with Gasteiger partial charge in [-0.3, -0.25) is 9.59 Å². The molecule has 1 atom stereocenters. The molecule has 2 saturated heterocycles. The number of likely N-dealkylation sites (tertiary alicyclic amines) is 2. The third-order valence-corrected chi connectivity index (χ3v) is 5.17. The number of nitrogens with one attached hydrogen (secondary N) is 1. The summed E-state index contributed by atoms with van der Waals surface area (Å²) in [7, 11) is 2.13. The van der Waals surface area contributed by atoms with Crippen LogP contribution in [0.15, 0.2) is 10.9 Å². The van der Waals surface area contributed by atoms with Gasteiger partial charge in [-0.15, -0.1) is 0 Å². The number of aromatic amines is 1. The largest absolute Gasteiger partial charge is 0.342 e. The molecule has 0 unspecified atom stereocenters. The Morgan fingerprint density at radius 3 is 2.65 bits per heavy atom. The van der Waals surface area contributed by atoms with Crippen molar-refractivity contribution in [3.05, 3.63) is 27.9 Å². The van der Waals surface area contributed by atoms with Crippen LogP contribution in [0.5, 0.6) is 0 Å². The maximum Gasteiger partial charge on any atom is 0.251 e. The first kappa shape index (κ1) is 16.2. The summed E-state index contributed by atoms with van der Waals surface area (Å²) in [6.45, 7) is 5.19. The van der Waals surface area contributed by atoms with Crippen LogP contribution in [0.3, 0.4) is 0 Å². The third-order valence-electron chi connectivity index (χ3n) is 5.17. The number of carbonyl (C=O) groups excluding carboxylic acids is 1. The number of aromatic nitrogens is 2. The minimum atomic E-state index is -0.0659. The third kappa shape index (κ3) is 3.80. The minimum Gasteiger partial charge on any atom is -0.342 e. The zero-order valence-electron chi connectivity index (χ0n) is 14.0. The average molecular weight is 318 g/mol. The predicted molar refractivity (Wildman–Crippen MR) is 88.6 cm³/mol. The molecule has 1 aromatic heterocycles. The first-order valence-corrected chi connectivity index (χ1v) is 8.58. The SMILES string of the molecule is CC(=O)N1CCC[C@@H](c2cc(=O)[nH]c(C3CCN(C)CC3)n2)C1. The van der Waals surface area contributed by atoms with Crippen molar-refractivity contribution in [2.45, 2.75) is 44.4 Å². The molecule has 1 amide bonds. The van der Waals surface area contributed by atoms with Crippen molar-refractivity contribution in [3.63, 3.8) is 0 Å². The number of nitrogens with zero attached hydrogens (tertiary/aromatic N) is 3. The molecule has 2 aliphatic heterocycles. The molecular formula is C17H26N4O2. The van der Waals surface area contributed by atoms with E-state index < -0.39 is 0 Å². The standard InChI is InChI=1S/C17H26N4O2/c1-12(22)21-7-3-4-14(11-21)15-10-16(23)19-17(18-15)13-5-8-20(2)9-6-13/h10,13-14H,3-9,11H2,1-2H3,(H,18,19,23)/t14-/m1/s1. The molecule has 6 heteroatoms. The summed E-state index contributed by atoms with van der Waals surface area (Å²) in [5.41, 5.74) is 0.789. The molecule has 0 aliphatic carbocycles. The molecule has 2 aliphatic rings. The van der Waals surface area contributed by atoms with Crippen molar-refractivity contribution in [2.24, 2.45) is 0 Å². The second kappa shape index (κ2) is 6.83. The van der Waals surface area contributed by atoms with Crippen molar-refractivity contribution in [1.29, 1.82) is 0 Å². The van der Waals surface area contributed by atoms with Gasteiger partial charge in [0.1, 0.15) is 5.82 Å². The van der Waals surface area contributed by atoms with E-state index in [9.17, 15) is 9.59 Å². The maximum absolute atomic E-state index is 12.1. The van der Waals surface area contributed by atoms with Crippen molar-refractivity contribution in [3.8, 4) is 0 Å². The fourth-order valence-corrected chi connectivity index (χ4v) is 3.69. The Kier molecular flexibility index (Phi) is 4.80. The predicted octanol–water partition coefficient (Wildman–Crippen LogP) is 1.30. The van der Waals surface area contributed by atoms with Gasteiger partial charge in [0.25, 0.3) is 5.56 Å². The van der Waals surface area contributed by atoms with E-state index in [0.717, 1.165) is 56.8 Å². The lowest BCUT2D eigenvalue weighted by Gasteiger charge is -2.32. The molecule has 2 fully saturated rings. The molecule has 0 radical (unpaired) electrons. The number of carbonyl (C=O) groups is 1. The molecule has 1 aromatic rings. The lowest BCUT2D eigenvalue weighted by atomic mass is 9.93. The zero-order valence-corrected chi connectivity index (χ0v) is 14.0. The molecule has 23 heavy (non-hydrogen) atoms. The van der Waals surface area contributed by atoms with Gasteiger partial charge >= 0.3 is 0 Å². The van der Waals surface area contributed by atoms with Gasteiger partial charge in [0, 0.05) is 37.9 Å². The van der Waals surface area contributed by atoms with Gasteiger partial charge in [-0.05, 0) is 45.8 Å². The molecule has 0 aromatic carbocycles. The lowest BCUT2D eigenvalue weighted by Crippen LogP contribution is -2.38. The highest BCUT2D eigenvalue weighted by Gasteiger charge is 2.26. The van der Waals surface area contributed by atoms with Gasteiger partial charge in [-0.1, -0.05) is 0 Å². The van der Waals surface area contributed by atoms with Gasteiger partial charge in [0.05, 0.1) is 5.69 Å². The van der Waals surface area contributed by atoms with Crippen LogP contribution in [0.1, 0.15) is 56.0 Å². The summed E-state index contributed by atoms with van der Waals surface area (Å²) in [5, 5.41) is 0. The van der Waals surface area contributed by atoms with E-state index in [1.165, 1.54) is 0 Å². The van der Waals surface area contributed by atoms with Crippen LogP contribution < -0.4 is 5.56 Å². The molecule has 3 heterocycles. The minimum absolute atomic E-state index is 0.0659. The Morgan fingerprint density at radius 1 is 1.22 bits per heavy atom. The highest BCUT2D eigenvalue weighted by atomic mass is 16.2. The number of rotatable bonds is 2. The van der Waals surface area contributed by atoms with Crippen molar-refractivity contribution >= 4 is 5.91 Å². The van der Waals surface area contributed by atoms with E-state index in [4.69, 9.17) is 4.98 Å². The first-order valence-electron chi connectivity index (χ1n) is 8.58. The van der Waals surface area contributed by atoms with Gasteiger partial charge < -0.3 is 14.8 Å². The Hall–Kier alpha value is -1.69. The zero-order chi connectivity index (χ0) is 16.4. The van der Waals surface area contributed by atoms with E-state index >= 15 is 0 Å². The van der Waals surface area contributed by atoms with Crippen LogP contribution in [0.25, 0.3) is 0 Å². The van der Waals surface area contributed by atoms with Crippen molar-refractivity contribution in [1.82, 2.24) is 19.8 Å². The maximum atomic E-state index is 12.1. The van der Waals surface area contributed by atoms with Crippen LogP contribution in [-0.2, 0) is 4.79 Å². The van der Waals surface area contributed by atoms with E-state index in [-0.39, 0.29) is 17.4 Å². The summed E-state index contributed by atoms with van der Waals surface area (Å²) < 4.78 is 0. The smallest absolute Gasteiger partial charge is 0.251 e. The van der Waals surface area contributed by atoms with E-state index in [1.807, 2.05) is 4.90 Å². The van der Waals surface area contributed by atoms with Gasteiger partial charge in [0.2, 0.25) is 5.91 Å². The summed E-state index contributed by atoms with van der Waals surface area (Å²) >= 11 is 0. The highest BCUT2D eigenvalue weighted by molar-refractivity contribution is 5.73. The molecule has 0 bridgehead atoms. The Bertz CT molecular complexity index is 619. The van der Waals surface area contributed by atoms with E-state index in [2.05, 4.69) is 16.9 Å². The Balaban J connectivity index is 1.80. The molecular weight excluding hydrogens is 292 g/mol. The summed E-state index contributed by atoms with van der Waals surface area (Å²) in [4.78, 5) is 35.6. The van der Waals surface area contributed by atoms with Crippen LogP contribution >= 0.6 is 0 Å². The normalized spacial score (nSPS) is 23.9. The van der Waals surface area contributed by atoms with Crippen LogP contribution in [0.2, 0.25) is 0 Å². The summed E-state index contributed by atoms with van der Waals surface area (Å²) in [6, 6.07) is 1.62. The van der Waals surface area contributed by atoms with E-state index in [1.54, 1.807) is 13.0 Å². The van der Waals surface area contributed by atoms with Crippen molar-refractivity contribution in [2.75, 3.05) is 33.2 Å². The second-order valence-corrected chi connectivity index (χ2v) is 6.94. The molecule has 0 saturated carbocycles. The number of hydrogen-bond donors (Lipinski definition) is 1. The Morgan fingerprint density at radius 2 is 1.96 bits per heavy atom. The van der Waals surface area contributed by atoms with Gasteiger partial charge in [-0.25, -0.2) is 4.98 Å². The van der Waals surface area contributed by atoms with Crippen LogP contribution in [0, 0.1) is 0 Å². The quantitative estimate of drug-likeness (QED) is 0.892. The fourth-order valence-electron chi connectivity index (χ4n) is 3.69. The second-order valence-electron chi connectivity index (χ2n) is 6.94. The number of hydrogen-bond acceptors (Lipinski definition) is 4. The lowest BCUT2D eigenvalue weighted by molar-refractivity contribution is -0.130. The van der Waals surface area contributed by atoms with Gasteiger partial charge in [-0.2, -0.15) is 0 Å². The summed E-state index contributed by atoms with van der Waals surface area (Å²) in [6.07, 6.45) is 4.04. The number of H-pyrrole nitrogens is 1. The van der Waals surface area contributed by atoms with Crippen molar-refractivity contribution < 1.29 is 4.79 Å². The van der Waals surface area contributed by atoms with Crippen LogP contribution in [0.4, 0.5) is 0 Å². The first-order chi connectivity index (χ1) is 11.0. The topological polar surface area (TPSA) is 69.3 Å². The highest BCUT2D eigenvalue weighted by Crippen LogP contribution is 2.28. The Labute approximate surface area is 136 Å². The molecule has 0 spiro atoms. The number of piperidine rings is 2. The van der Waals surface area contributed by atoms with E-state index in [0.29, 0.717) is 12.5 Å². The summed E-state index contributed by atoms with van der Waals surface area (Å²) in [5.74, 6) is 1.46. The average Bonchev–Trinajstić information content (AvgIpc) is 2.55. The number of amides is 1. The molecule has 1 N–H and O–H groups in total. The van der Waals surface area contributed by atoms with Crippen LogP contribution in [-0.4, -0.2) is 58.9 Å². The molecule has 3 rings (SSSR count). The molecule has 6 nitrogen and oxygen atoms in total. The van der Waals surface area contributed by atoms with Gasteiger partial charge in [0.15, 0.2) is 0 Å². The molecule has 126 valence electrons. The monoisotopic (exact) mass is 318 g/mol.